The molecule has 0 spiro atoms. The molecule has 0 aliphatic rings. The SMILES string of the molecule is Nc1c(N=Nc2ccc(OCc3cccnc3)nc2)cc(S(=O)(=O)[O-])c2ccccc12.[Na+]. The van der Waals surface area contributed by atoms with Crippen LogP contribution in [0.1, 0.15) is 5.56 Å². The molecular formula is C21H16N5NaO4S. The van der Waals surface area contributed by atoms with Gasteiger partial charge in [0.25, 0.3) is 0 Å². The maximum Gasteiger partial charge on any atom is 1.00 e. The summed E-state index contributed by atoms with van der Waals surface area (Å²) in [4.78, 5) is 7.78. The Kier molecular flexibility index (Phi) is 7.54. The number of ether oxygens (including phenoxy) is 1. The predicted octanol–water partition coefficient (Wildman–Crippen LogP) is 1.11. The summed E-state index contributed by atoms with van der Waals surface area (Å²) in [7, 11) is -4.73. The number of fused-ring (bicyclic) bond motifs is 1. The third kappa shape index (κ3) is 5.47. The number of aromatic nitrogens is 2. The molecule has 9 nitrogen and oxygen atoms in total. The van der Waals surface area contributed by atoms with Crippen LogP contribution in [0.3, 0.4) is 0 Å². The van der Waals surface area contributed by atoms with Gasteiger partial charge >= 0.3 is 29.6 Å². The summed E-state index contributed by atoms with van der Waals surface area (Å²) in [5.41, 5.74) is 7.72. The number of rotatable bonds is 6. The van der Waals surface area contributed by atoms with E-state index in [4.69, 9.17) is 10.5 Å². The van der Waals surface area contributed by atoms with Gasteiger partial charge < -0.3 is 15.0 Å². The van der Waals surface area contributed by atoms with Gasteiger partial charge in [0, 0.05) is 34.8 Å². The predicted molar refractivity (Wildman–Crippen MR) is 113 cm³/mol. The van der Waals surface area contributed by atoms with E-state index in [1.165, 1.54) is 12.3 Å². The Hall–Kier alpha value is -2.89. The molecular weight excluding hydrogens is 441 g/mol. The van der Waals surface area contributed by atoms with Crippen LogP contribution in [0.15, 0.2) is 88.3 Å². The summed E-state index contributed by atoms with van der Waals surface area (Å²) in [5, 5.41) is 8.73. The van der Waals surface area contributed by atoms with E-state index in [0.29, 0.717) is 23.6 Å². The van der Waals surface area contributed by atoms with Crippen molar-refractivity contribution < 1.29 is 47.3 Å². The summed E-state index contributed by atoms with van der Waals surface area (Å²) in [6.07, 6.45) is 4.83. The molecule has 2 aromatic heterocycles. The van der Waals surface area contributed by atoms with Crippen LogP contribution in [0.25, 0.3) is 10.8 Å². The Bertz CT molecular complexity index is 1360. The smallest absolute Gasteiger partial charge is 0.744 e. The van der Waals surface area contributed by atoms with Gasteiger partial charge in [-0.2, -0.15) is 0 Å². The first kappa shape index (κ1) is 23.8. The average molecular weight is 457 g/mol. The Labute approximate surface area is 206 Å². The topological polar surface area (TPSA) is 143 Å². The minimum Gasteiger partial charge on any atom is -0.744 e. The van der Waals surface area contributed by atoms with Gasteiger partial charge in [-0.3, -0.25) is 4.98 Å². The van der Waals surface area contributed by atoms with Gasteiger partial charge in [0.2, 0.25) is 5.88 Å². The minimum atomic E-state index is -4.73. The average Bonchev–Trinajstić information content (AvgIpc) is 2.78. The molecule has 0 aliphatic carbocycles. The van der Waals surface area contributed by atoms with E-state index in [2.05, 4.69) is 20.2 Å². The number of nitrogen functional groups attached to an aromatic ring is 1. The van der Waals surface area contributed by atoms with Crippen LogP contribution in [0, 0.1) is 0 Å². The Morgan fingerprint density at radius 1 is 1.00 bits per heavy atom. The molecule has 4 rings (SSSR count). The Morgan fingerprint density at radius 2 is 1.78 bits per heavy atom. The van der Waals surface area contributed by atoms with Gasteiger partial charge in [-0.05, 0) is 18.2 Å². The molecule has 0 saturated heterocycles. The zero-order valence-electron chi connectivity index (χ0n) is 17.0. The standard InChI is InChI=1S/C21H17N5O4S.Na/c22-21-17-6-2-1-5-16(17)19(31(27,28)29)10-18(21)26-25-15-7-8-20(24-12-15)30-13-14-4-3-9-23-11-14;/h1-12H,13,22H2,(H,27,28,29);/q;+1/p-1. The molecule has 156 valence electrons. The second-order valence-corrected chi connectivity index (χ2v) is 7.86. The zero-order valence-corrected chi connectivity index (χ0v) is 19.9. The van der Waals surface area contributed by atoms with Crippen LogP contribution >= 0.6 is 0 Å². The van der Waals surface area contributed by atoms with Crippen LogP contribution in [0.4, 0.5) is 17.1 Å². The number of pyridine rings is 2. The van der Waals surface area contributed by atoms with E-state index in [1.807, 2.05) is 12.1 Å². The number of azo groups is 1. The molecule has 2 heterocycles. The molecule has 0 bridgehead atoms. The van der Waals surface area contributed by atoms with Crippen molar-refractivity contribution in [2.75, 3.05) is 5.73 Å². The minimum absolute atomic E-state index is 0. The first-order valence-electron chi connectivity index (χ1n) is 9.08. The molecule has 32 heavy (non-hydrogen) atoms. The van der Waals surface area contributed by atoms with Crippen LogP contribution < -0.4 is 40.0 Å². The van der Waals surface area contributed by atoms with E-state index < -0.39 is 15.0 Å². The van der Waals surface area contributed by atoms with E-state index in [1.54, 1.807) is 42.7 Å². The first-order valence-corrected chi connectivity index (χ1v) is 10.5. The van der Waals surface area contributed by atoms with Crippen molar-refractivity contribution in [3.05, 3.63) is 78.8 Å². The van der Waals surface area contributed by atoms with Crippen molar-refractivity contribution in [3.8, 4) is 5.88 Å². The van der Waals surface area contributed by atoms with Crippen LogP contribution in [0.5, 0.6) is 5.88 Å². The number of hydrogen-bond donors (Lipinski definition) is 1. The van der Waals surface area contributed by atoms with E-state index in [9.17, 15) is 13.0 Å². The largest absolute Gasteiger partial charge is 1.00 e. The summed E-state index contributed by atoms with van der Waals surface area (Å²) >= 11 is 0. The molecule has 0 amide bonds. The summed E-state index contributed by atoms with van der Waals surface area (Å²) < 4.78 is 40.7. The molecule has 11 heteroatoms. The molecule has 0 radical (unpaired) electrons. The number of nitrogens with two attached hydrogens (primary N) is 1. The van der Waals surface area contributed by atoms with Gasteiger partial charge in [0.15, 0.2) is 0 Å². The number of hydrogen-bond acceptors (Lipinski definition) is 9. The molecule has 4 aromatic rings. The van der Waals surface area contributed by atoms with Crippen molar-refractivity contribution in [2.24, 2.45) is 10.2 Å². The van der Waals surface area contributed by atoms with Gasteiger partial charge in [0.05, 0.1) is 16.8 Å². The Balaban J connectivity index is 0.00000289. The van der Waals surface area contributed by atoms with Crippen molar-refractivity contribution in [2.45, 2.75) is 11.5 Å². The number of benzene rings is 2. The summed E-state index contributed by atoms with van der Waals surface area (Å²) in [6, 6.07) is 14.6. The van der Waals surface area contributed by atoms with Crippen molar-refractivity contribution >= 4 is 38.0 Å². The van der Waals surface area contributed by atoms with Gasteiger partial charge in [-0.1, -0.05) is 30.3 Å². The van der Waals surface area contributed by atoms with Crippen LogP contribution in [-0.2, 0) is 16.7 Å². The summed E-state index contributed by atoms with van der Waals surface area (Å²) in [5.74, 6) is 0.396. The first-order chi connectivity index (χ1) is 14.9. The number of anilines is 1. The molecule has 2 N–H and O–H groups in total. The third-order valence-electron chi connectivity index (χ3n) is 4.40. The van der Waals surface area contributed by atoms with E-state index in [0.717, 1.165) is 11.6 Å². The second-order valence-electron chi connectivity index (χ2n) is 6.51. The maximum absolute atomic E-state index is 11.7. The molecule has 0 fully saturated rings. The molecule has 2 aromatic carbocycles. The molecule has 0 saturated carbocycles. The fourth-order valence-electron chi connectivity index (χ4n) is 2.91. The van der Waals surface area contributed by atoms with Crippen molar-refractivity contribution in [3.63, 3.8) is 0 Å². The third-order valence-corrected chi connectivity index (χ3v) is 5.28. The second kappa shape index (κ2) is 10.2. The fourth-order valence-corrected chi connectivity index (χ4v) is 3.61. The monoisotopic (exact) mass is 457 g/mol. The summed E-state index contributed by atoms with van der Waals surface area (Å²) in [6.45, 7) is 0.321. The molecule has 0 atom stereocenters. The quantitative estimate of drug-likeness (QED) is 0.198. The number of nitrogens with zero attached hydrogens (tertiary/aromatic N) is 4. The molecule has 0 aliphatic heterocycles. The van der Waals surface area contributed by atoms with Crippen LogP contribution in [-0.4, -0.2) is 22.9 Å². The van der Waals surface area contributed by atoms with Gasteiger partial charge in [-0.25, -0.2) is 13.4 Å². The van der Waals surface area contributed by atoms with Crippen molar-refractivity contribution in [1.82, 2.24) is 9.97 Å². The van der Waals surface area contributed by atoms with Gasteiger partial charge in [0.1, 0.15) is 28.1 Å². The zero-order chi connectivity index (χ0) is 21.8. The Morgan fingerprint density at radius 3 is 2.44 bits per heavy atom. The van der Waals surface area contributed by atoms with Gasteiger partial charge in [-0.15, -0.1) is 10.2 Å². The molecule has 0 unspecified atom stereocenters. The van der Waals surface area contributed by atoms with E-state index in [-0.39, 0.29) is 46.3 Å². The van der Waals surface area contributed by atoms with Crippen molar-refractivity contribution in [1.29, 1.82) is 0 Å². The van der Waals surface area contributed by atoms with Crippen LogP contribution in [0.2, 0.25) is 0 Å². The normalized spacial score (nSPS) is 11.4. The maximum atomic E-state index is 11.7. The van der Waals surface area contributed by atoms with E-state index >= 15 is 0 Å². The fraction of sp³-hybridized carbons (Fsp3) is 0.0476.